The molecule has 0 bridgehead atoms. The van der Waals surface area contributed by atoms with Crippen LogP contribution in [-0.2, 0) is 0 Å². The van der Waals surface area contributed by atoms with Crippen LogP contribution >= 0.6 is 23.4 Å². The molecule has 1 aromatic heterocycles. The van der Waals surface area contributed by atoms with Crippen molar-refractivity contribution in [1.82, 2.24) is 14.7 Å². The zero-order chi connectivity index (χ0) is 15.5. The molecule has 1 aliphatic heterocycles. The number of aromatic nitrogens is 2. The number of thioether (sulfide) groups is 1. The highest BCUT2D eigenvalue weighted by molar-refractivity contribution is 7.99. The van der Waals surface area contributed by atoms with Crippen molar-refractivity contribution in [2.45, 2.75) is 13.3 Å². The minimum Gasteiger partial charge on any atom is -0.338 e. The fourth-order valence-corrected chi connectivity index (χ4v) is 3.71. The molecule has 0 saturated carbocycles. The van der Waals surface area contributed by atoms with Gasteiger partial charge in [0.2, 0.25) is 0 Å². The van der Waals surface area contributed by atoms with Crippen molar-refractivity contribution >= 4 is 29.3 Å². The number of halogens is 1. The third-order valence-corrected chi connectivity index (χ3v) is 5.20. The third-order valence-electron chi connectivity index (χ3n) is 3.83. The SMILES string of the molecule is Cc1c(C(=O)N2CCCSCC2)cnn1-c1ccccc1Cl. The van der Waals surface area contributed by atoms with E-state index < -0.39 is 0 Å². The molecule has 1 saturated heterocycles. The first-order valence-corrected chi connectivity index (χ1v) is 8.88. The minimum atomic E-state index is 0.0679. The number of carbonyl (C=O) groups excluding carboxylic acids is 1. The fraction of sp³-hybridized carbons (Fsp3) is 0.375. The van der Waals surface area contributed by atoms with Gasteiger partial charge in [0.05, 0.1) is 28.2 Å². The average molecular weight is 336 g/mol. The highest BCUT2D eigenvalue weighted by atomic mass is 35.5. The zero-order valence-electron chi connectivity index (χ0n) is 12.5. The highest BCUT2D eigenvalue weighted by Crippen LogP contribution is 2.23. The number of benzene rings is 1. The summed E-state index contributed by atoms with van der Waals surface area (Å²) in [6.07, 6.45) is 2.70. The molecule has 0 atom stereocenters. The zero-order valence-corrected chi connectivity index (χ0v) is 14.0. The number of rotatable bonds is 2. The van der Waals surface area contributed by atoms with Gasteiger partial charge in [0.1, 0.15) is 0 Å². The summed E-state index contributed by atoms with van der Waals surface area (Å²) < 4.78 is 1.74. The molecule has 1 fully saturated rings. The summed E-state index contributed by atoms with van der Waals surface area (Å²) in [7, 11) is 0. The first-order valence-electron chi connectivity index (χ1n) is 7.35. The van der Waals surface area contributed by atoms with E-state index in [0.717, 1.165) is 42.4 Å². The summed E-state index contributed by atoms with van der Waals surface area (Å²) in [6, 6.07) is 7.52. The van der Waals surface area contributed by atoms with Gasteiger partial charge < -0.3 is 4.90 Å². The van der Waals surface area contributed by atoms with Crippen molar-refractivity contribution < 1.29 is 4.79 Å². The highest BCUT2D eigenvalue weighted by Gasteiger charge is 2.22. The van der Waals surface area contributed by atoms with Gasteiger partial charge in [-0.15, -0.1) is 0 Å². The minimum absolute atomic E-state index is 0.0679. The maximum atomic E-state index is 12.7. The average Bonchev–Trinajstić information content (AvgIpc) is 2.75. The van der Waals surface area contributed by atoms with E-state index in [1.165, 1.54) is 0 Å². The number of amides is 1. The van der Waals surface area contributed by atoms with E-state index in [1.807, 2.05) is 47.9 Å². The van der Waals surface area contributed by atoms with E-state index >= 15 is 0 Å². The van der Waals surface area contributed by atoms with Crippen LogP contribution in [0.3, 0.4) is 0 Å². The Balaban J connectivity index is 1.90. The Kier molecular flexibility index (Phi) is 4.74. The number of nitrogens with zero attached hydrogens (tertiary/aromatic N) is 3. The quantitative estimate of drug-likeness (QED) is 0.844. The molecule has 1 amide bonds. The molecular formula is C16H18ClN3OS. The van der Waals surface area contributed by atoms with E-state index in [1.54, 1.807) is 10.9 Å². The van der Waals surface area contributed by atoms with Crippen LogP contribution in [0.25, 0.3) is 5.69 Å². The lowest BCUT2D eigenvalue weighted by atomic mass is 10.2. The van der Waals surface area contributed by atoms with Crippen LogP contribution in [0.1, 0.15) is 22.5 Å². The number of carbonyl (C=O) groups is 1. The smallest absolute Gasteiger partial charge is 0.257 e. The number of para-hydroxylation sites is 1. The summed E-state index contributed by atoms with van der Waals surface area (Å²) in [5.41, 5.74) is 2.29. The Labute approximate surface area is 139 Å². The van der Waals surface area contributed by atoms with Gasteiger partial charge in [0.15, 0.2) is 0 Å². The van der Waals surface area contributed by atoms with E-state index in [-0.39, 0.29) is 5.91 Å². The summed E-state index contributed by atoms with van der Waals surface area (Å²) in [4.78, 5) is 14.7. The van der Waals surface area contributed by atoms with Crippen LogP contribution in [0, 0.1) is 6.92 Å². The van der Waals surface area contributed by atoms with Crippen LogP contribution in [0.2, 0.25) is 5.02 Å². The standard InChI is InChI=1S/C16H18ClN3OS/c1-12-13(16(21)19-7-4-9-22-10-8-19)11-18-20(12)15-6-3-2-5-14(15)17/h2-3,5-6,11H,4,7-10H2,1H3. The molecule has 116 valence electrons. The lowest BCUT2D eigenvalue weighted by Gasteiger charge is -2.19. The van der Waals surface area contributed by atoms with E-state index in [9.17, 15) is 4.79 Å². The maximum Gasteiger partial charge on any atom is 0.257 e. The lowest BCUT2D eigenvalue weighted by molar-refractivity contribution is 0.0768. The van der Waals surface area contributed by atoms with Gasteiger partial charge in [-0.3, -0.25) is 4.79 Å². The summed E-state index contributed by atoms with van der Waals surface area (Å²) in [6.45, 7) is 3.54. The van der Waals surface area contributed by atoms with Crippen molar-refractivity contribution in [2.24, 2.45) is 0 Å². The van der Waals surface area contributed by atoms with E-state index in [2.05, 4.69) is 5.10 Å². The fourth-order valence-electron chi connectivity index (χ4n) is 2.61. The topological polar surface area (TPSA) is 38.1 Å². The normalized spacial score (nSPS) is 15.6. The van der Waals surface area contributed by atoms with Crippen LogP contribution in [0.4, 0.5) is 0 Å². The largest absolute Gasteiger partial charge is 0.338 e. The summed E-state index contributed by atoms with van der Waals surface area (Å²) >= 11 is 8.14. The van der Waals surface area contributed by atoms with Gasteiger partial charge in [-0.2, -0.15) is 16.9 Å². The van der Waals surface area contributed by atoms with Gasteiger partial charge in [-0.25, -0.2) is 4.68 Å². The lowest BCUT2D eigenvalue weighted by Crippen LogP contribution is -2.33. The Morgan fingerprint density at radius 1 is 1.27 bits per heavy atom. The molecule has 0 radical (unpaired) electrons. The molecule has 1 aromatic carbocycles. The molecule has 2 aromatic rings. The Hall–Kier alpha value is -1.46. The second-order valence-corrected chi connectivity index (χ2v) is 6.90. The molecule has 2 heterocycles. The Morgan fingerprint density at radius 3 is 2.91 bits per heavy atom. The second kappa shape index (κ2) is 6.75. The molecular weight excluding hydrogens is 318 g/mol. The van der Waals surface area contributed by atoms with Crippen LogP contribution < -0.4 is 0 Å². The predicted octanol–water partition coefficient (Wildman–Crippen LogP) is 3.41. The predicted molar refractivity (Wildman–Crippen MR) is 91.2 cm³/mol. The molecule has 22 heavy (non-hydrogen) atoms. The summed E-state index contributed by atoms with van der Waals surface area (Å²) in [5.74, 6) is 2.20. The summed E-state index contributed by atoms with van der Waals surface area (Å²) in [5, 5.41) is 4.99. The maximum absolute atomic E-state index is 12.7. The van der Waals surface area contributed by atoms with Crippen molar-refractivity contribution in [3.63, 3.8) is 0 Å². The molecule has 6 heteroatoms. The third kappa shape index (κ3) is 3.01. The molecule has 3 rings (SSSR count). The van der Waals surface area contributed by atoms with E-state index in [4.69, 9.17) is 11.6 Å². The monoisotopic (exact) mass is 335 g/mol. The molecule has 0 spiro atoms. The van der Waals surface area contributed by atoms with Crippen molar-refractivity contribution in [2.75, 3.05) is 24.6 Å². The van der Waals surface area contributed by atoms with Gasteiger partial charge in [0, 0.05) is 18.8 Å². The van der Waals surface area contributed by atoms with Crippen LogP contribution in [0.15, 0.2) is 30.5 Å². The molecule has 0 N–H and O–H groups in total. The van der Waals surface area contributed by atoms with E-state index in [0.29, 0.717) is 10.6 Å². The van der Waals surface area contributed by atoms with Gasteiger partial charge in [-0.1, -0.05) is 23.7 Å². The molecule has 1 aliphatic rings. The van der Waals surface area contributed by atoms with Crippen molar-refractivity contribution in [3.05, 3.63) is 46.7 Å². The Bertz CT molecular complexity index is 678. The molecule has 0 unspecified atom stereocenters. The second-order valence-electron chi connectivity index (χ2n) is 5.26. The molecule has 0 aliphatic carbocycles. The van der Waals surface area contributed by atoms with Gasteiger partial charge >= 0.3 is 0 Å². The number of hydrogen-bond donors (Lipinski definition) is 0. The van der Waals surface area contributed by atoms with Gasteiger partial charge in [0.25, 0.3) is 5.91 Å². The molecule has 4 nitrogen and oxygen atoms in total. The number of hydrogen-bond acceptors (Lipinski definition) is 3. The van der Waals surface area contributed by atoms with Crippen molar-refractivity contribution in [3.8, 4) is 5.69 Å². The van der Waals surface area contributed by atoms with Gasteiger partial charge in [-0.05, 0) is 31.2 Å². The Morgan fingerprint density at radius 2 is 2.09 bits per heavy atom. The first kappa shape index (κ1) is 15.4. The van der Waals surface area contributed by atoms with Crippen LogP contribution in [-0.4, -0.2) is 45.2 Å². The first-order chi connectivity index (χ1) is 10.7. The van der Waals surface area contributed by atoms with Crippen molar-refractivity contribution in [1.29, 1.82) is 0 Å². The van der Waals surface area contributed by atoms with Crippen LogP contribution in [0.5, 0.6) is 0 Å².